The van der Waals surface area contributed by atoms with Crippen molar-refractivity contribution in [2.45, 2.75) is 18.5 Å². The molecule has 0 aliphatic carbocycles. The van der Waals surface area contributed by atoms with Crippen molar-refractivity contribution in [3.05, 3.63) is 67.7 Å². The summed E-state index contributed by atoms with van der Waals surface area (Å²) in [6.45, 7) is 0. The van der Waals surface area contributed by atoms with Crippen molar-refractivity contribution in [3.8, 4) is 0 Å². The monoisotopic (exact) mass is 481 g/mol. The molecule has 3 aromatic rings. The Bertz CT molecular complexity index is 832. The van der Waals surface area contributed by atoms with Crippen LogP contribution in [-0.2, 0) is 0 Å². The summed E-state index contributed by atoms with van der Waals surface area (Å²) < 4.78 is 4.16. The summed E-state index contributed by atoms with van der Waals surface area (Å²) in [5.74, 6) is 0.713. The van der Waals surface area contributed by atoms with Crippen LogP contribution in [0, 0.1) is 3.57 Å². The van der Waals surface area contributed by atoms with Crippen LogP contribution in [0.1, 0.15) is 29.6 Å². The molecule has 1 N–H and O–H groups in total. The van der Waals surface area contributed by atoms with Crippen LogP contribution in [0.25, 0.3) is 0 Å². The van der Waals surface area contributed by atoms with Crippen molar-refractivity contribution < 1.29 is 0 Å². The summed E-state index contributed by atoms with van der Waals surface area (Å²) in [6.07, 6.45) is 0.898. The third kappa shape index (κ3) is 2.99. The Morgan fingerprint density at radius 1 is 1.13 bits per heavy atom. The molecule has 1 aromatic heterocycles. The molecule has 7 heteroatoms. The predicted octanol–water partition coefficient (Wildman–Crippen LogP) is 4.19. The molecule has 0 saturated carbocycles. The second kappa shape index (κ2) is 6.20. The van der Waals surface area contributed by atoms with Crippen LogP contribution in [0.3, 0.4) is 0 Å². The first-order valence-corrected chi connectivity index (χ1v) is 9.13. The van der Waals surface area contributed by atoms with Crippen molar-refractivity contribution in [3.63, 3.8) is 0 Å². The number of nitrogens with zero attached hydrogens (tertiary/aromatic N) is 4. The zero-order chi connectivity index (χ0) is 15.8. The Hall–Kier alpha value is -1.48. The maximum absolute atomic E-state index is 4.16. The summed E-state index contributed by atoms with van der Waals surface area (Å²) in [4.78, 5) is 0. The minimum Gasteiger partial charge on any atom is -0.346 e. The van der Waals surface area contributed by atoms with Crippen molar-refractivity contribution in [2.24, 2.45) is 0 Å². The normalized spacial score (nSPS) is 19.9. The highest BCUT2D eigenvalue weighted by Crippen LogP contribution is 2.37. The summed E-state index contributed by atoms with van der Waals surface area (Å²) in [5, 5.41) is 15.6. The van der Waals surface area contributed by atoms with Gasteiger partial charge in [-0.1, -0.05) is 45.3 Å². The van der Waals surface area contributed by atoms with Gasteiger partial charge in [-0.05, 0) is 74.8 Å². The van der Waals surface area contributed by atoms with E-state index in [1.807, 2.05) is 16.8 Å². The summed E-state index contributed by atoms with van der Waals surface area (Å²) >= 11 is 5.87. The first-order valence-electron chi connectivity index (χ1n) is 7.26. The molecule has 2 heterocycles. The molecule has 23 heavy (non-hydrogen) atoms. The molecule has 4 rings (SSSR count). The van der Waals surface area contributed by atoms with Gasteiger partial charge in [-0.3, -0.25) is 0 Å². The molecule has 1 aliphatic rings. The van der Waals surface area contributed by atoms with E-state index in [1.165, 1.54) is 14.7 Å². The lowest BCUT2D eigenvalue weighted by Crippen LogP contribution is -2.28. The topological polar surface area (TPSA) is 55.6 Å². The fraction of sp³-hybridized carbons (Fsp3) is 0.188. The molecule has 5 nitrogen and oxygen atoms in total. The summed E-state index contributed by atoms with van der Waals surface area (Å²) in [5.41, 5.74) is 2.45. The lowest BCUT2D eigenvalue weighted by Gasteiger charge is -2.31. The highest BCUT2D eigenvalue weighted by Gasteiger charge is 2.30. The molecule has 0 radical (unpaired) electrons. The Balaban J connectivity index is 1.73. The SMILES string of the molecule is Brc1cccc([C@H]2C[C@H](c3ccc(I)cc3)Nc3nnnn32)c1. The van der Waals surface area contributed by atoms with E-state index in [2.05, 4.69) is 95.8 Å². The van der Waals surface area contributed by atoms with Crippen molar-refractivity contribution in [1.82, 2.24) is 20.2 Å². The molecule has 2 atom stereocenters. The van der Waals surface area contributed by atoms with Crippen LogP contribution in [0.4, 0.5) is 5.95 Å². The van der Waals surface area contributed by atoms with E-state index < -0.39 is 0 Å². The van der Waals surface area contributed by atoms with Crippen molar-refractivity contribution >= 4 is 44.5 Å². The quantitative estimate of drug-likeness (QED) is 0.558. The molecule has 0 unspecified atom stereocenters. The number of aromatic nitrogens is 4. The van der Waals surface area contributed by atoms with E-state index in [9.17, 15) is 0 Å². The highest BCUT2D eigenvalue weighted by molar-refractivity contribution is 14.1. The van der Waals surface area contributed by atoms with E-state index in [0.29, 0.717) is 5.95 Å². The highest BCUT2D eigenvalue weighted by atomic mass is 127. The Kier molecular flexibility index (Phi) is 4.06. The molecular formula is C16H13BrIN5. The number of rotatable bonds is 2. The molecule has 116 valence electrons. The van der Waals surface area contributed by atoms with Gasteiger partial charge in [0.2, 0.25) is 5.95 Å². The number of fused-ring (bicyclic) bond motifs is 1. The van der Waals surface area contributed by atoms with E-state index >= 15 is 0 Å². The number of halogens is 2. The van der Waals surface area contributed by atoms with Gasteiger partial charge in [0, 0.05) is 8.04 Å². The molecule has 0 fully saturated rings. The maximum Gasteiger partial charge on any atom is 0.243 e. The van der Waals surface area contributed by atoms with Crippen LogP contribution in [0.5, 0.6) is 0 Å². The minimum atomic E-state index is 0.114. The first-order chi connectivity index (χ1) is 11.2. The predicted molar refractivity (Wildman–Crippen MR) is 100 cm³/mol. The zero-order valence-corrected chi connectivity index (χ0v) is 15.8. The lowest BCUT2D eigenvalue weighted by molar-refractivity contribution is 0.423. The average molecular weight is 482 g/mol. The third-order valence-corrected chi connectivity index (χ3v) is 5.27. The van der Waals surface area contributed by atoms with E-state index in [4.69, 9.17) is 0 Å². The minimum absolute atomic E-state index is 0.114. The van der Waals surface area contributed by atoms with Gasteiger partial charge in [0.05, 0.1) is 12.1 Å². The zero-order valence-electron chi connectivity index (χ0n) is 12.0. The van der Waals surface area contributed by atoms with E-state index in [-0.39, 0.29) is 12.1 Å². The number of hydrogen-bond acceptors (Lipinski definition) is 4. The number of benzene rings is 2. The van der Waals surface area contributed by atoms with Gasteiger partial charge in [-0.15, -0.1) is 0 Å². The molecule has 0 bridgehead atoms. The van der Waals surface area contributed by atoms with Gasteiger partial charge in [-0.2, -0.15) is 0 Å². The van der Waals surface area contributed by atoms with Gasteiger partial charge in [0.15, 0.2) is 0 Å². The second-order valence-corrected chi connectivity index (χ2v) is 7.66. The maximum atomic E-state index is 4.16. The van der Waals surface area contributed by atoms with Crippen LogP contribution < -0.4 is 5.32 Å². The van der Waals surface area contributed by atoms with Gasteiger partial charge >= 0.3 is 0 Å². The largest absolute Gasteiger partial charge is 0.346 e. The number of anilines is 1. The van der Waals surface area contributed by atoms with Gasteiger partial charge in [-0.25, -0.2) is 4.68 Å². The third-order valence-electron chi connectivity index (χ3n) is 4.06. The van der Waals surface area contributed by atoms with Crippen molar-refractivity contribution in [2.75, 3.05) is 5.32 Å². The Morgan fingerprint density at radius 2 is 1.96 bits per heavy atom. The van der Waals surface area contributed by atoms with Crippen LogP contribution in [0.2, 0.25) is 0 Å². The molecular weight excluding hydrogens is 469 g/mol. The molecule has 1 aliphatic heterocycles. The molecule has 0 spiro atoms. The number of hydrogen-bond donors (Lipinski definition) is 1. The number of nitrogens with one attached hydrogen (secondary N) is 1. The standard InChI is InChI=1S/C16H13BrIN5/c17-12-3-1-2-11(8-12)15-9-14(10-4-6-13(18)7-5-10)19-16-20-21-22-23(15)16/h1-8,14-15H,9H2,(H,19,20,22)/t14-,15-/m1/s1. The second-order valence-electron chi connectivity index (χ2n) is 5.50. The Labute approximate surface area is 155 Å². The smallest absolute Gasteiger partial charge is 0.243 e. The van der Waals surface area contributed by atoms with E-state index in [1.54, 1.807) is 0 Å². The van der Waals surface area contributed by atoms with Crippen LogP contribution in [-0.4, -0.2) is 20.2 Å². The van der Waals surface area contributed by atoms with Gasteiger partial charge in [0.1, 0.15) is 0 Å². The molecule has 0 amide bonds. The van der Waals surface area contributed by atoms with Crippen molar-refractivity contribution in [1.29, 1.82) is 0 Å². The fourth-order valence-electron chi connectivity index (χ4n) is 2.94. The van der Waals surface area contributed by atoms with Crippen LogP contribution >= 0.6 is 38.5 Å². The molecule has 2 aromatic carbocycles. The van der Waals surface area contributed by atoms with Crippen LogP contribution in [0.15, 0.2) is 53.0 Å². The van der Waals surface area contributed by atoms with Gasteiger partial charge in [0.25, 0.3) is 0 Å². The van der Waals surface area contributed by atoms with E-state index in [0.717, 1.165) is 10.9 Å². The average Bonchev–Trinajstić information content (AvgIpc) is 3.03. The number of tetrazole rings is 1. The Morgan fingerprint density at radius 3 is 2.74 bits per heavy atom. The molecule has 0 saturated heterocycles. The summed E-state index contributed by atoms with van der Waals surface area (Å²) in [6, 6.07) is 17.2. The lowest BCUT2D eigenvalue weighted by atomic mass is 9.93. The first kappa shape index (κ1) is 15.1. The fourth-order valence-corrected chi connectivity index (χ4v) is 3.72. The summed E-state index contributed by atoms with van der Waals surface area (Å²) in [7, 11) is 0. The van der Waals surface area contributed by atoms with Gasteiger partial charge < -0.3 is 5.32 Å².